The summed E-state index contributed by atoms with van der Waals surface area (Å²) in [5.41, 5.74) is 1.32. The first-order chi connectivity index (χ1) is 11.7. The Labute approximate surface area is 143 Å². The number of carbonyl (C=O) groups excluding carboxylic acids is 1. The summed E-state index contributed by atoms with van der Waals surface area (Å²) >= 11 is 0. The molecule has 0 saturated heterocycles. The Hall–Kier alpha value is -2.30. The van der Waals surface area contributed by atoms with E-state index in [1.54, 1.807) is 19.6 Å². The third kappa shape index (κ3) is 3.16. The van der Waals surface area contributed by atoms with Gasteiger partial charge in [-0.2, -0.15) is 0 Å². The van der Waals surface area contributed by atoms with Crippen LogP contribution >= 0.6 is 0 Å². The van der Waals surface area contributed by atoms with Gasteiger partial charge in [0.1, 0.15) is 11.3 Å². The quantitative estimate of drug-likeness (QED) is 0.921. The summed E-state index contributed by atoms with van der Waals surface area (Å²) in [4.78, 5) is 19.5. The SMILES string of the molecule is COc1cc(NC(=O)C2(N3C=NC=CC3)CCCCC2)ccc1C. The lowest BCUT2D eigenvalue weighted by Crippen LogP contribution is -2.57. The Bertz CT molecular complexity index is 661. The van der Waals surface area contributed by atoms with E-state index in [-0.39, 0.29) is 5.91 Å². The van der Waals surface area contributed by atoms with Gasteiger partial charge in [0.15, 0.2) is 0 Å². The number of amides is 1. The molecule has 5 heteroatoms. The molecular formula is C19H25N3O2. The molecule has 0 bridgehead atoms. The predicted octanol–water partition coefficient (Wildman–Crippen LogP) is 3.50. The lowest BCUT2D eigenvalue weighted by molar-refractivity contribution is -0.127. The molecule has 1 saturated carbocycles. The van der Waals surface area contributed by atoms with Crippen LogP contribution in [-0.2, 0) is 4.79 Å². The molecule has 1 aromatic carbocycles. The van der Waals surface area contributed by atoms with Gasteiger partial charge in [-0.1, -0.05) is 25.3 Å². The highest BCUT2D eigenvalue weighted by molar-refractivity contribution is 5.99. The van der Waals surface area contributed by atoms with Crippen LogP contribution in [0.25, 0.3) is 0 Å². The molecule has 0 atom stereocenters. The number of rotatable bonds is 4. The number of aryl methyl sites for hydroxylation is 1. The standard InChI is InChI=1S/C19H25N3O2/c1-15-7-8-16(13-17(15)24-2)21-18(23)19(9-4-3-5-10-19)22-12-6-11-20-14-22/h6-8,11,13-14H,3-5,9-10,12H2,1-2H3,(H,21,23). The fourth-order valence-electron chi connectivity index (χ4n) is 3.60. The molecule has 128 valence electrons. The largest absolute Gasteiger partial charge is 0.496 e. The van der Waals surface area contributed by atoms with E-state index in [0.717, 1.165) is 49.2 Å². The van der Waals surface area contributed by atoms with E-state index < -0.39 is 5.54 Å². The fourth-order valence-corrected chi connectivity index (χ4v) is 3.60. The molecular weight excluding hydrogens is 302 g/mol. The third-order valence-electron chi connectivity index (χ3n) is 5.02. The second-order valence-corrected chi connectivity index (χ2v) is 6.53. The van der Waals surface area contributed by atoms with Crippen molar-refractivity contribution in [1.29, 1.82) is 0 Å². The average Bonchev–Trinajstić information content (AvgIpc) is 2.64. The van der Waals surface area contributed by atoms with Crippen molar-refractivity contribution in [3.8, 4) is 5.75 Å². The highest BCUT2D eigenvalue weighted by atomic mass is 16.5. The highest BCUT2D eigenvalue weighted by Gasteiger charge is 2.43. The summed E-state index contributed by atoms with van der Waals surface area (Å²) in [5, 5.41) is 3.11. The number of methoxy groups -OCH3 is 1. The van der Waals surface area contributed by atoms with Gasteiger partial charge in [0.2, 0.25) is 5.91 Å². The molecule has 1 fully saturated rings. The summed E-state index contributed by atoms with van der Waals surface area (Å²) in [6.07, 6.45) is 10.6. The maximum atomic E-state index is 13.2. The number of anilines is 1. The van der Waals surface area contributed by atoms with E-state index in [1.807, 2.05) is 31.2 Å². The third-order valence-corrected chi connectivity index (χ3v) is 5.02. The van der Waals surface area contributed by atoms with Gasteiger partial charge in [0.05, 0.1) is 13.4 Å². The Morgan fingerprint density at radius 1 is 1.29 bits per heavy atom. The maximum Gasteiger partial charge on any atom is 0.250 e. The van der Waals surface area contributed by atoms with Crippen molar-refractivity contribution in [3.05, 3.63) is 36.0 Å². The smallest absolute Gasteiger partial charge is 0.250 e. The van der Waals surface area contributed by atoms with Crippen molar-refractivity contribution in [2.24, 2.45) is 4.99 Å². The Morgan fingerprint density at radius 3 is 2.75 bits per heavy atom. The lowest BCUT2D eigenvalue weighted by Gasteiger charge is -2.44. The van der Waals surface area contributed by atoms with E-state index in [0.29, 0.717) is 0 Å². The van der Waals surface area contributed by atoms with Gasteiger partial charge in [-0.3, -0.25) is 4.79 Å². The number of nitrogens with zero attached hydrogens (tertiary/aromatic N) is 2. The highest BCUT2D eigenvalue weighted by Crippen LogP contribution is 2.35. The number of nitrogens with one attached hydrogen (secondary N) is 1. The van der Waals surface area contributed by atoms with Gasteiger partial charge in [0.25, 0.3) is 0 Å². The summed E-state index contributed by atoms with van der Waals surface area (Å²) < 4.78 is 5.36. The van der Waals surface area contributed by atoms with Crippen molar-refractivity contribution >= 4 is 17.9 Å². The zero-order chi connectivity index (χ0) is 17.0. The van der Waals surface area contributed by atoms with Crippen LogP contribution in [0.2, 0.25) is 0 Å². The van der Waals surface area contributed by atoms with Crippen molar-refractivity contribution in [2.45, 2.75) is 44.6 Å². The first-order valence-electron chi connectivity index (χ1n) is 8.57. The van der Waals surface area contributed by atoms with Crippen molar-refractivity contribution in [3.63, 3.8) is 0 Å². The molecule has 1 N–H and O–H groups in total. The molecule has 3 rings (SSSR count). The maximum absolute atomic E-state index is 13.2. The predicted molar refractivity (Wildman–Crippen MR) is 96.5 cm³/mol. The van der Waals surface area contributed by atoms with Crippen LogP contribution in [-0.4, -0.2) is 36.3 Å². The monoisotopic (exact) mass is 327 g/mol. The minimum Gasteiger partial charge on any atom is -0.496 e. The molecule has 5 nitrogen and oxygen atoms in total. The fraction of sp³-hybridized carbons (Fsp3) is 0.474. The average molecular weight is 327 g/mol. The van der Waals surface area contributed by atoms with Gasteiger partial charge in [-0.15, -0.1) is 0 Å². The molecule has 0 spiro atoms. The number of benzene rings is 1. The Kier molecular flexibility index (Phi) is 4.88. The molecule has 1 aliphatic carbocycles. The Balaban J connectivity index is 1.84. The molecule has 1 aromatic rings. The molecule has 0 unspecified atom stereocenters. The van der Waals surface area contributed by atoms with Gasteiger partial charge >= 0.3 is 0 Å². The number of ether oxygens (including phenoxy) is 1. The van der Waals surface area contributed by atoms with Crippen LogP contribution in [0.5, 0.6) is 5.75 Å². The van der Waals surface area contributed by atoms with Crippen LogP contribution in [0, 0.1) is 6.92 Å². The number of aliphatic imine (C=N–C) groups is 1. The first kappa shape index (κ1) is 16.6. The van der Waals surface area contributed by atoms with Crippen LogP contribution in [0.15, 0.2) is 35.5 Å². The second kappa shape index (κ2) is 7.07. The van der Waals surface area contributed by atoms with E-state index in [4.69, 9.17) is 4.74 Å². The number of carbonyl (C=O) groups is 1. The molecule has 1 amide bonds. The molecule has 1 aliphatic heterocycles. The summed E-state index contributed by atoms with van der Waals surface area (Å²) in [6, 6.07) is 5.78. The lowest BCUT2D eigenvalue weighted by atomic mass is 9.79. The van der Waals surface area contributed by atoms with Gasteiger partial charge in [-0.25, -0.2) is 4.99 Å². The minimum absolute atomic E-state index is 0.0508. The van der Waals surface area contributed by atoms with Crippen molar-refractivity contribution in [1.82, 2.24) is 4.90 Å². The minimum atomic E-state index is -0.509. The number of hydrogen-bond acceptors (Lipinski definition) is 4. The second-order valence-electron chi connectivity index (χ2n) is 6.53. The van der Waals surface area contributed by atoms with Crippen molar-refractivity contribution in [2.75, 3.05) is 19.0 Å². The molecule has 0 radical (unpaired) electrons. The molecule has 24 heavy (non-hydrogen) atoms. The molecule has 1 heterocycles. The zero-order valence-corrected chi connectivity index (χ0v) is 14.4. The van der Waals surface area contributed by atoms with Gasteiger partial charge < -0.3 is 15.0 Å². The van der Waals surface area contributed by atoms with E-state index in [9.17, 15) is 4.79 Å². The van der Waals surface area contributed by atoms with Crippen molar-refractivity contribution < 1.29 is 9.53 Å². The summed E-state index contributed by atoms with van der Waals surface area (Å²) in [5.74, 6) is 0.836. The van der Waals surface area contributed by atoms with E-state index in [1.165, 1.54) is 6.42 Å². The molecule has 2 aliphatic rings. The van der Waals surface area contributed by atoms with Gasteiger partial charge in [-0.05, 0) is 37.5 Å². The normalized spacial score (nSPS) is 19.2. The van der Waals surface area contributed by atoms with Crippen LogP contribution in [0.1, 0.15) is 37.7 Å². The van der Waals surface area contributed by atoms with E-state index in [2.05, 4.69) is 15.2 Å². The molecule has 0 aromatic heterocycles. The summed E-state index contributed by atoms with van der Waals surface area (Å²) in [7, 11) is 1.65. The Morgan fingerprint density at radius 2 is 2.08 bits per heavy atom. The van der Waals surface area contributed by atoms with Crippen LogP contribution in [0.4, 0.5) is 5.69 Å². The number of hydrogen-bond donors (Lipinski definition) is 1. The topological polar surface area (TPSA) is 53.9 Å². The van der Waals surface area contributed by atoms with Crippen LogP contribution < -0.4 is 10.1 Å². The van der Waals surface area contributed by atoms with Crippen LogP contribution in [0.3, 0.4) is 0 Å². The van der Waals surface area contributed by atoms with E-state index >= 15 is 0 Å². The first-order valence-corrected chi connectivity index (χ1v) is 8.57. The zero-order valence-electron chi connectivity index (χ0n) is 14.4. The summed E-state index contributed by atoms with van der Waals surface area (Å²) in [6.45, 7) is 2.72. The van der Waals surface area contributed by atoms with Gasteiger partial charge in [0, 0.05) is 24.5 Å².